The van der Waals surface area contributed by atoms with Gasteiger partial charge in [-0.25, -0.2) is 18.0 Å². The Hall–Kier alpha value is -1.31. The average molecular weight is 279 g/mol. The fourth-order valence-electron chi connectivity index (χ4n) is 1.55. The third-order valence-corrected chi connectivity index (χ3v) is 3.97. The Morgan fingerprint density at radius 3 is 2.33 bits per heavy atom. The normalized spacial score (nSPS) is 23.5. The van der Waals surface area contributed by atoms with E-state index in [2.05, 4.69) is 0 Å². The third kappa shape index (κ3) is 3.86. The molecule has 0 aromatic rings. The Kier molecular flexibility index (Phi) is 3.89. The summed E-state index contributed by atoms with van der Waals surface area (Å²) >= 11 is 0. The van der Waals surface area contributed by atoms with Gasteiger partial charge < -0.3 is 9.84 Å². The number of hydrogen-bond donors (Lipinski definition) is 1. The molecule has 7 nitrogen and oxygen atoms in total. The highest BCUT2D eigenvalue weighted by atomic mass is 32.2. The molecule has 0 spiro atoms. The molecule has 0 aliphatic carbocycles. The van der Waals surface area contributed by atoms with E-state index in [4.69, 9.17) is 9.84 Å². The SMILES string of the molecule is CC(C)(C)OC(=O)N1CCS(=O)(=O)C[C@H]1C(=O)O. The molecule has 0 aromatic heterocycles. The molecule has 0 radical (unpaired) electrons. The molecule has 0 aromatic carbocycles. The zero-order valence-corrected chi connectivity index (χ0v) is 11.4. The summed E-state index contributed by atoms with van der Waals surface area (Å²) in [7, 11) is -3.42. The van der Waals surface area contributed by atoms with E-state index in [0.29, 0.717) is 0 Å². The number of amides is 1. The molecular weight excluding hydrogens is 262 g/mol. The van der Waals surface area contributed by atoms with Gasteiger partial charge in [0.2, 0.25) is 0 Å². The lowest BCUT2D eigenvalue weighted by molar-refractivity contribution is -0.142. The van der Waals surface area contributed by atoms with Gasteiger partial charge in [-0.15, -0.1) is 0 Å². The van der Waals surface area contributed by atoms with Crippen molar-refractivity contribution in [3.63, 3.8) is 0 Å². The number of ether oxygens (including phenoxy) is 1. The van der Waals surface area contributed by atoms with Crippen molar-refractivity contribution in [1.29, 1.82) is 0 Å². The Balaban J connectivity index is 2.87. The number of aliphatic carboxylic acids is 1. The molecule has 1 aliphatic rings. The van der Waals surface area contributed by atoms with Gasteiger partial charge in [0.15, 0.2) is 9.84 Å². The summed E-state index contributed by atoms with van der Waals surface area (Å²) in [5.74, 6) is -2.15. The lowest BCUT2D eigenvalue weighted by Crippen LogP contribution is -2.55. The van der Waals surface area contributed by atoms with Crippen molar-refractivity contribution in [3.8, 4) is 0 Å². The van der Waals surface area contributed by atoms with Gasteiger partial charge in [-0.05, 0) is 20.8 Å². The van der Waals surface area contributed by atoms with E-state index < -0.39 is 39.3 Å². The summed E-state index contributed by atoms with van der Waals surface area (Å²) in [6, 6.07) is -1.38. The topological polar surface area (TPSA) is 101 Å². The first kappa shape index (κ1) is 14.7. The minimum Gasteiger partial charge on any atom is -0.480 e. The van der Waals surface area contributed by atoms with Gasteiger partial charge in [-0.2, -0.15) is 0 Å². The second-order valence-electron chi connectivity index (χ2n) is 5.14. The summed E-state index contributed by atoms with van der Waals surface area (Å²) < 4.78 is 27.8. The summed E-state index contributed by atoms with van der Waals surface area (Å²) in [6.07, 6.45) is -0.801. The summed E-state index contributed by atoms with van der Waals surface area (Å²) in [5, 5.41) is 8.97. The van der Waals surface area contributed by atoms with Crippen LogP contribution in [-0.4, -0.2) is 60.2 Å². The molecule has 1 heterocycles. The fraction of sp³-hybridized carbons (Fsp3) is 0.800. The molecule has 0 unspecified atom stereocenters. The van der Waals surface area contributed by atoms with Crippen molar-refractivity contribution in [2.45, 2.75) is 32.4 Å². The Morgan fingerprint density at radius 2 is 1.89 bits per heavy atom. The molecule has 8 heteroatoms. The second kappa shape index (κ2) is 4.75. The Bertz CT molecular complexity index is 449. The zero-order chi connectivity index (χ0) is 14.1. The van der Waals surface area contributed by atoms with Crippen LogP contribution < -0.4 is 0 Å². The molecule has 1 saturated heterocycles. The number of carbonyl (C=O) groups excluding carboxylic acids is 1. The summed E-state index contributed by atoms with van der Waals surface area (Å²) in [4.78, 5) is 23.7. The summed E-state index contributed by atoms with van der Waals surface area (Å²) in [5.41, 5.74) is -0.754. The third-order valence-electron chi connectivity index (χ3n) is 2.34. The smallest absolute Gasteiger partial charge is 0.411 e. The van der Waals surface area contributed by atoms with Gasteiger partial charge in [-0.3, -0.25) is 4.90 Å². The zero-order valence-electron chi connectivity index (χ0n) is 10.5. The van der Waals surface area contributed by atoms with Crippen LogP contribution >= 0.6 is 0 Å². The van der Waals surface area contributed by atoms with Crippen molar-refractivity contribution in [3.05, 3.63) is 0 Å². The Labute approximate surface area is 106 Å². The molecule has 1 amide bonds. The van der Waals surface area contributed by atoms with Gasteiger partial charge in [0.25, 0.3) is 0 Å². The summed E-state index contributed by atoms with van der Waals surface area (Å²) in [6.45, 7) is 4.80. The largest absolute Gasteiger partial charge is 0.480 e. The highest BCUT2D eigenvalue weighted by Gasteiger charge is 2.40. The van der Waals surface area contributed by atoms with Crippen LogP contribution in [0.2, 0.25) is 0 Å². The van der Waals surface area contributed by atoms with E-state index in [9.17, 15) is 18.0 Å². The quantitative estimate of drug-likeness (QED) is 0.730. The van der Waals surface area contributed by atoms with E-state index in [1.54, 1.807) is 20.8 Å². The van der Waals surface area contributed by atoms with Crippen molar-refractivity contribution in [2.24, 2.45) is 0 Å². The number of carboxylic acids is 1. The molecule has 0 bridgehead atoms. The minimum atomic E-state index is -3.42. The molecule has 18 heavy (non-hydrogen) atoms. The van der Waals surface area contributed by atoms with Gasteiger partial charge in [0, 0.05) is 6.54 Å². The van der Waals surface area contributed by atoms with Gasteiger partial charge in [-0.1, -0.05) is 0 Å². The molecule has 1 aliphatic heterocycles. The molecule has 1 rings (SSSR count). The minimum absolute atomic E-state index is 0.159. The molecular formula is C10H17NO6S. The maximum absolute atomic E-state index is 11.8. The predicted octanol–water partition coefficient (Wildman–Crippen LogP) is 0.105. The van der Waals surface area contributed by atoms with Gasteiger partial charge in [0.05, 0.1) is 11.5 Å². The number of carboxylic acid groups (broad SMARTS) is 1. The van der Waals surface area contributed by atoms with Crippen LogP contribution in [-0.2, 0) is 19.4 Å². The van der Waals surface area contributed by atoms with E-state index in [1.165, 1.54) is 0 Å². The van der Waals surface area contributed by atoms with Crippen LogP contribution in [0.5, 0.6) is 0 Å². The first-order valence-electron chi connectivity index (χ1n) is 5.45. The van der Waals surface area contributed by atoms with Crippen molar-refractivity contribution < 1.29 is 27.9 Å². The van der Waals surface area contributed by atoms with Gasteiger partial charge >= 0.3 is 12.1 Å². The number of rotatable bonds is 1. The van der Waals surface area contributed by atoms with E-state index in [-0.39, 0.29) is 12.3 Å². The number of carbonyl (C=O) groups is 2. The number of hydrogen-bond acceptors (Lipinski definition) is 5. The number of nitrogens with zero attached hydrogens (tertiary/aromatic N) is 1. The van der Waals surface area contributed by atoms with Crippen LogP contribution in [0.15, 0.2) is 0 Å². The lowest BCUT2D eigenvalue weighted by atomic mass is 10.2. The number of sulfone groups is 1. The first-order chi connectivity index (χ1) is 8.02. The van der Waals surface area contributed by atoms with Crippen LogP contribution in [0.4, 0.5) is 4.79 Å². The molecule has 104 valence electrons. The van der Waals surface area contributed by atoms with Crippen molar-refractivity contribution in [2.75, 3.05) is 18.1 Å². The van der Waals surface area contributed by atoms with Crippen molar-refractivity contribution >= 4 is 21.9 Å². The van der Waals surface area contributed by atoms with Crippen LogP contribution in [0.3, 0.4) is 0 Å². The lowest BCUT2D eigenvalue weighted by Gasteiger charge is -2.34. The second-order valence-corrected chi connectivity index (χ2v) is 7.37. The maximum atomic E-state index is 11.8. The standard InChI is InChI=1S/C10H17NO6S/c1-10(2,3)17-9(14)11-4-5-18(15,16)6-7(11)8(12)13/h7H,4-6H2,1-3H3,(H,12,13)/t7-/m0/s1. The highest BCUT2D eigenvalue weighted by molar-refractivity contribution is 7.91. The predicted molar refractivity (Wildman–Crippen MR) is 63.0 cm³/mol. The van der Waals surface area contributed by atoms with Gasteiger partial charge in [0.1, 0.15) is 11.6 Å². The molecule has 1 N–H and O–H groups in total. The van der Waals surface area contributed by atoms with E-state index >= 15 is 0 Å². The highest BCUT2D eigenvalue weighted by Crippen LogP contribution is 2.17. The van der Waals surface area contributed by atoms with Crippen LogP contribution in [0.25, 0.3) is 0 Å². The van der Waals surface area contributed by atoms with Crippen LogP contribution in [0.1, 0.15) is 20.8 Å². The molecule has 0 saturated carbocycles. The monoisotopic (exact) mass is 279 g/mol. The van der Waals surface area contributed by atoms with E-state index in [0.717, 1.165) is 4.90 Å². The van der Waals surface area contributed by atoms with E-state index in [1.807, 2.05) is 0 Å². The average Bonchev–Trinajstić information content (AvgIpc) is 2.12. The fourth-order valence-corrected chi connectivity index (χ4v) is 3.00. The first-order valence-corrected chi connectivity index (χ1v) is 7.27. The maximum Gasteiger partial charge on any atom is 0.411 e. The van der Waals surface area contributed by atoms with Crippen molar-refractivity contribution in [1.82, 2.24) is 4.90 Å². The molecule has 1 atom stereocenters. The van der Waals surface area contributed by atoms with Crippen LogP contribution in [0, 0.1) is 0 Å². The Morgan fingerprint density at radius 1 is 1.33 bits per heavy atom. The molecule has 1 fully saturated rings.